The quantitative estimate of drug-likeness (QED) is 0.475. The van der Waals surface area contributed by atoms with Crippen molar-refractivity contribution in [1.82, 2.24) is 0 Å². The number of benzene rings is 3. The zero-order chi connectivity index (χ0) is 18.5. The van der Waals surface area contributed by atoms with Gasteiger partial charge in [-0.05, 0) is 23.3 Å². The van der Waals surface area contributed by atoms with E-state index in [1.807, 2.05) is 0 Å². The van der Waals surface area contributed by atoms with E-state index >= 15 is 0 Å². The van der Waals surface area contributed by atoms with Crippen LogP contribution < -0.4 is 0 Å². The van der Waals surface area contributed by atoms with Gasteiger partial charge in [-0.3, -0.25) is 9.59 Å². The van der Waals surface area contributed by atoms with Gasteiger partial charge in [0.2, 0.25) is 0 Å². The van der Waals surface area contributed by atoms with E-state index in [9.17, 15) is 22.8 Å². The van der Waals surface area contributed by atoms with Crippen molar-refractivity contribution in [1.29, 1.82) is 0 Å². The van der Waals surface area contributed by atoms with Crippen LogP contribution in [0.1, 0.15) is 37.4 Å². The van der Waals surface area contributed by atoms with Crippen molar-refractivity contribution in [2.45, 2.75) is 6.18 Å². The molecule has 0 saturated carbocycles. The van der Waals surface area contributed by atoms with Gasteiger partial charge < -0.3 is 0 Å². The number of fused-ring (bicyclic) bond motifs is 2. The monoisotopic (exact) mass is 352 g/mol. The van der Waals surface area contributed by atoms with Crippen LogP contribution in [0.25, 0.3) is 11.1 Å². The average molecular weight is 352 g/mol. The molecular formula is C21H11F3O2. The number of alkyl halides is 3. The maximum atomic E-state index is 12.9. The summed E-state index contributed by atoms with van der Waals surface area (Å²) in [5, 5.41) is 0. The first-order valence-electron chi connectivity index (χ1n) is 7.87. The summed E-state index contributed by atoms with van der Waals surface area (Å²) in [5.74, 6) is -0.561. The minimum Gasteiger partial charge on any atom is -0.289 e. The van der Waals surface area contributed by atoms with Gasteiger partial charge >= 0.3 is 6.18 Å². The summed E-state index contributed by atoms with van der Waals surface area (Å²) < 4.78 is 38.3. The summed E-state index contributed by atoms with van der Waals surface area (Å²) in [6.07, 6.45) is -4.43. The Morgan fingerprint density at radius 3 is 1.73 bits per heavy atom. The Hall–Kier alpha value is -3.21. The van der Waals surface area contributed by atoms with E-state index < -0.39 is 11.7 Å². The summed E-state index contributed by atoms with van der Waals surface area (Å²) in [6, 6.07) is 16.0. The topological polar surface area (TPSA) is 34.1 Å². The van der Waals surface area contributed by atoms with Gasteiger partial charge in [-0.15, -0.1) is 0 Å². The summed E-state index contributed by atoms with van der Waals surface area (Å²) in [4.78, 5) is 25.7. The Morgan fingerprint density at radius 1 is 0.577 bits per heavy atom. The molecule has 3 aromatic carbocycles. The third-order valence-electron chi connectivity index (χ3n) is 4.48. The van der Waals surface area contributed by atoms with Crippen molar-refractivity contribution in [2.75, 3.05) is 0 Å². The van der Waals surface area contributed by atoms with Crippen LogP contribution in [-0.4, -0.2) is 11.6 Å². The highest BCUT2D eigenvalue weighted by Gasteiger charge is 2.32. The van der Waals surface area contributed by atoms with Crippen LogP contribution in [0.4, 0.5) is 13.2 Å². The smallest absolute Gasteiger partial charge is 0.289 e. The van der Waals surface area contributed by atoms with Crippen LogP contribution in [0.2, 0.25) is 0 Å². The van der Waals surface area contributed by atoms with Gasteiger partial charge in [-0.2, -0.15) is 13.2 Å². The lowest BCUT2D eigenvalue weighted by molar-refractivity contribution is -0.137. The number of hydrogen-bond acceptors (Lipinski definition) is 2. The highest BCUT2D eigenvalue weighted by atomic mass is 19.4. The molecule has 3 aromatic rings. The van der Waals surface area contributed by atoms with Gasteiger partial charge in [0.25, 0.3) is 0 Å². The van der Waals surface area contributed by atoms with Gasteiger partial charge in [-0.25, -0.2) is 0 Å². The van der Waals surface area contributed by atoms with Crippen molar-refractivity contribution in [2.24, 2.45) is 0 Å². The standard InChI is InChI=1S/C21H11F3O2/c22-21(23,24)13-10-8-12(9-11-13)14-6-3-7-17-18(14)20(26)16-5-2-1-4-15(16)19(17)25/h1-11H. The van der Waals surface area contributed by atoms with Crippen LogP contribution in [0, 0.1) is 0 Å². The summed E-state index contributed by atoms with van der Waals surface area (Å²) in [7, 11) is 0. The van der Waals surface area contributed by atoms with Crippen molar-refractivity contribution < 1.29 is 22.8 Å². The SMILES string of the molecule is O=C1c2ccccc2C(=O)c2c1cccc2-c1ccc(C(F)(F)F)cc1. The molecule has 2 nitrogen and oxygen atoms in total. The Bertz CT molecular complexity index is 1050. The fourth-order valence-corrected chi connectivity index (χ4v) is 3.22. The molecule has 5 heteroatoms. The molecule has 0 aliphatic heterocycles. The number of hydrogen-bond donors (Lipinski definition) is 0. The maximum Gasteiger partial charge on any atom is 0.416 e. The number of rotatable bonds is 1. The zero-order valence-corrected chi connectivity index (χ0v) is 13.3. The third kappa shape index (κ3) is 2.44. The van der Waals surface area contributed by atoms with Gasteiger partial charge in [-0.1, -0.05) is 54.6 Å². The van der Waals surface area contributed by atoms with Crippen LogP contribution in [0.5, 0.6) is 0 Å². The highest BCUT2D eigenvalue weighted by Crippen LogP contribution is 2.36. The molecule has 0 fully saturated rings. The second-order valence-electron chi connectivity index (χ2n) is 6.01. The largest absolute Gasteiger partial charge is 0.416 e. The van der Waals surface area contributed by atoms with E-state index in [-0.39, 0.29) is 22.7 Å². The molecule has 0 N–H and O–H groups in total. The lowest BCUT2D eigenvalue weighted by Crippen LogP contribution is -2.21. The van der Waals surface area contributed by atoms with Crippen molar-refractivity contribution in [3.8, 4) is 11.1 Å². The van der Waals surface area contributed by atoms with E-state index in [0.717, 1.165) is 12.1 Å². The summed E-state index contributed by atoms with van der Waals surface area (Å²) in [6.45, 7) is 0. The lowest BCUT2D eigenvalue weighted by Gasteiger charge is -2.20. The molecule has 0 saturated heterocycles. The normalized spacial score (nSPS) is 13.3. The molecule has 0 heterocycles. The first-order chi connectivity index (χ1) is 12.4. The number of ketones is 2. The molecular weight excluding hydrogens is 341 g/mol. The molecule has 1 aliphatic rings. The number of halogens is 3. The van der Waals surface area contributed by atoms with Gasteiger partial charge in [0.15, 0.2) is 11.6 Å². The number of carbonyl (C=O) groups excluding carboxylic acids is 2. The molecule has 128 valence electrons. The Balaban J connectivity index is 1.89. The minimum absolute atomic E-state index is 0.232. The lowest BCUT2D eigenvalue weighted by atomic mass is 9.80. The van der Waals surface area contributed by atoms with Gasteiger partial charge in [0.05, 0.1) is 5.56 Å². The molecule has 0 bridgehead atoms. The number of carbonyl (C=O) groups is 2. The van der Waals surface area contributed by atoms with Crippen molar-refractivity contribution in [3.63, 3.8) is 0 Å². The molecule has 4 rings (SSSR count). The summed E-state index contributed by atoms with van der Waals surface area (Å²) in [5.41, 5.74) is 1.29. The average Bonchev–Trinajstić information content (AvgIpc) is 2.65. The van der Waals surface area contributed by atoms with E-state index in [4.69, 9.17) is 0 Å². The van der Waals surface area contributed by atoms with E-state index in [2.05, 4.69) is 0 Å². The first kappa shape index (κ1) is 16.3. The van der Waals surface area contributed by atoms with E-state index in [0.29, 0.717) is 22.3 Å². The molecule has 0 atom stereocenters. The molecule has 1 aliphatic carbocycles. The second kappa shape index (κ2) is 5.66. The molecule has 0 spiro atoms. The van der Waals surface area contributed by atoms with Crippen LogP contribution in [-0.2, 0) is 6.18 Å². The van der Waals surface area contributed by atoms with E-state index in [1.54, 1.807) is 42.5 Å². The molecule has 0 amide bonds. The summed E-state index contributed by atoms with van der Waals surface area (Å²) >= 11 is 0. The van der Waals surface area contributed by atoms with Gasteiger partial charge in [0.1, 0.15) is 0 Å². The van der Waals surface area contributed by atoms with E-state index in [1.165, 1.54) is 12.1 Å². The second-order valence-corrected chi connectivity index (χ2v) is 6.01. The van der Waals surface area contributed by atoms with Crippen LogP contribution in [0.15, 0.2) is 66.7 Å². The van der Waals surface area contributed by atoms with Crippen molar-refractivity contribution >= 4 is 11.6 Å². The van der Waals surface area contributed by atoms with Gasteiger partial charge in [0, 0.05) is 22.3 Å². The third-order valence-corrected chi connectivity index (χ3v) is 4.48. The van der Waals surface area contributed by atoms with Crippen molar-refractivity contribution in [3.05, 3.63) is 94.5 Å². The zero-order valence-electron chi connectivity index (χ0n) is 13.3. The predicted octanol–water partition coefficient (Wildman–Crippen LogP) is 5.15. The van der Waals surface area contributed by atoms with Crippen LogP contribution >= 0.6 is 0 Å². The Kier molecular flexibility index (Phi) is 3.54. The molecule has 26 heavy (non-hydrogen) atoms. The Labute approximate surface area is 146 Å². The molecule has 0 aromatic heterocycles. The molecule has 0 unspecified atom stereocenters. The Morgan fingerprint density at radius 2 is 1.12 bits per heavy atom. The fourth-order valence-electron chi connectivity index (χ4n) is 3.22. The van der Waals surface area contributed by atoms with Crippen LogP contribution in [0.3, 0.4) is 0 Å². The maximum absolute atomic E-state index is 12.9. The first-order valence-corrected chi connectivity index (χ1v) is 7.87. The molecule has 0 radical (unpaired) electrons. The fraction of sp³-hybridized carbons (Fsp3) is 0.0476. The minimum atomic E-state index is -4.43. The predicted molar refractivity (Wildman–Crippen MR) is 90.2 cm³/mol. The highest BCUT2D eigenvalue weighted by molar-refractivity contribution is 6.30.